The second-order valence-electron chi connectivity index (χ2n) is 4.87. The molecule has 0 radical (unpaired) electrons. The van der Waals surface area contributed by atoms with Gasteiger partial charge in [0.2, 0.25) is 5.88 Å². The number of aromatic hydroxyl groups is 1. The average Bonchev–Trinajstić information content (AvgIpc) is 2.99. The number of nitrogens with zero attached hydrogens (tertiary/aromatic N) is 2. The van der Waals surface area contributed by atoms with Crippen LogP contribution in [0.15, 0.2) is 56.7 Å². The Morgan fingerprint density at radius 1 is 1.12 bits per heavy atom. The van der Waals surface area contributed by atoms with Crippen molar-refractivity contribution in [3.8, 4) is 5.88 Å². The van der Waals surface area contributed by atoms with Crippen molar-refractivity contribution in [2.75, 3.05) is 0 Å². The molecule has 2 heterocycles. The van der Waals surface area contributed by atoms with E-state index in [0.717, 1.165) is 0 Å². The summed E-state index contributed by atoms with van der Waals surface area (Å²) in [6.45, 7) is 0. The molecular formula is C15H10N4O5. The van der Waals surface area contributed by atoms with Crippen molar-refractivity contribution in [2.24, 2.45) is 4.99 Å². The Kier molecular flexibility index (Phi) is 3.66. The fourth-order valence-electron chi connectivity index (χ4n) is 2.14. The Labute approximate surface area is 133 Å². The fourth-order valence-corrected chi connectivity index (χ4v) is 2.14. The van der Waals surface area contributed by atoms with Crippen LogP contribution >= 0.6 is 0 Å². The first kappa shape index (κ1) is 15.2. The van der Waals surface area contributed by atoms with Crippen molar-refractivity contribution in [2.45, 2.75) is 0 Å². The lowest BCUT2D eigenvalue weighted by atomic mass is 10.1. The van der Waals surface area contributed by atoms with Crippen LogP contribution < -0.4 is 11.2 Å². The van der Waals surface area contributed by atoms with Gasteiger partial charge in [0.25, 0.3) is 11.2 Å². The van der Waals surface area contributed by atoms with Crippen LogP contribution in [0.3, 0.4) is 0 Å². The molecule has 0 amide bonds. The van der Waals surface area contributed by atoms with Gasteiger partial charge >= 0.3 is 5.69 Å². The summed E-state index contributed by atoms with van der Waals surface area (Å²) in [5.41, 5.74) is -0.0925. The van der Waals surface area contributed by atoms with E-state index in [4.69, 9.17) is 0 Å². The van der Waals surface area contributed by atoms with Crippen LogP contribution in [0, 0.1) is 10.1 Å². The first-order valence-electron chi connectivity index (χ1n) is 6.73. The maximum atomic E-state index is 11.7. The highest BCUT2D eigenvalue weighted by atomic mass is 16.6. The number of nitrogens with one attached hydrogen (secondary N) is 2. The van der Waals surface area contributed by atoms with Crippen molar-refractivity contribution in [1.29, 1.82) is 0 Å². The summed E-state index contributed by atoms with van der Waals surface area (Å²) >= 11 is 0. The van der Waals surface area contributed by atoms with Crippen LogP contribution in [0.2, 0.25) is 0 Å². The van der Waals surface area contributed by atoms with Crippen LogP contribution in [0.25, 0.3) is 6.08 Å². The second kappa shape index (κ2) is 5.80. The molecular weight excluding hydrogens is 316 g/mol. The Hall–Kier alpha value is -3.75. The normalized spacial score (nSPS) is 14.8. The maximum absolute atomic E-state index is 11.7. The Morgan fingerprint density at radius 3 is 2.46 bits per heavy atom. The highest BCUT2D eigenvalue weighted by molar-refractivity contribution is 6.11. The summed E-state index contributed by atoms with van der Waals surface area (Å²) in [4.78, 5) is 41.2. The summed E-state index contributed by atoms with van der Waals surface area (Å²) in [6.07, 6.45) is 4.60. The van der Waals surface area contributed by atoms with Crippen molar-refractivity contribution < 1.29 is 10.0 Å². The minimum atomic E-state index is -0.809. The lowest BCUT2D eigenvalue weighted by molar-refractivity contribution is -0.384. The largest absolute Gasteiger partial charge is 0.494 e. The molecule has 0 saturated carbocycles. The monoisotopic (exact) mass is 326 g/mol. The van der Waals surface area contributed by atoms with Crippen LogP contribution in [0.5, 0.6) is 5.88 Å². The van der Waals surface area contributed by atoms with Crippen molar-refractivity contribution in [3.05, 3.63) is 84.2 Å². The molecule has 1 aromatic heterocycles. The van der Waals surface area contributed by atoms with Gasteiger partial charge in [0.1, 0.15) is 5.56 Å². The molecule has 0 atom stereocenters. The Balaban J connectivity index is 1.94. The molecule has 0 aliphatic carbocycles. The number of rotatable bonds is 3. The number of nitro groups is 1. The molecule has 3 N–H and O–H groups in total. The number of aromatic nitrogens is 2. The van der Waals surface area contributed by atoms with Gasteiger partial charge in [0, 0.05) is 17.7 Å². The van der Waals surface area contributed by atoms with E-state index in [2.05, 4.69) is 9.98 Å². The quantitative estimate of drug-likeness (QED) is 0.571. The molecule has 0 spiro atoms. The van der Waals surface area contributed by atoms with Crippen molar-refractivity contribution >= 4 is 17.5 Å². The van der Waals surface area contributed by atoms with E-state index in [1.54, 1.807) is 24.3 Å². The molecule has 0 bridgehead atoms. The van der Waals surface area contributed by atoms with Gasteiger partial charge in [-0.15, -0.1) is 0 Å². The number of H-pyrrole nitrogens is 2. The summed E-state index contributed by atoms with van der Waals surface area (Å²) < 4.78 is 0. The molecule has 9 nitrogen and oxygen atoms in total. The van der Waals surface area contributed by atoms with Crippen LogP contribution in [-0.2, 0) is 0 Å². The molecule has 24 heavy (non-hydrogen) atoms. The Morgan fingerprint density at radius 2 is 1.83 bits per heavy atom. The number of aliphatic imine (C=N–C) groups is 1. The van der Waals surface area contributed by atoms with E-state index >= 15 is 0 Å². The van der Waals surface area contributed by atoms with Gasteiger partial charge in [-0.1, -0.05) is 0 Å². The van der Waals surface area contributed by atoms with E-state index in [0.29, 0.717) is 17.0 Å². The SMILES string of the molecule is O=c1[nH]c(O)c(/C=C2\C=CC(c3ccc([N+](=O)[O-])cc3)=N2)c(=O)[nH]1. The molecule has 9 heteroatoms. The number of aromatic amines is 2. The highest BCUT2D eigenvalue weighted by Gasteiger charge is 2.12. The summed E-state index contributed by atoms with van der Waals surface area (Å²) in [5, 5.41) is 20.3. The van der Waals surface area contributed by atoms with Gasteiger partial charge < -0.3 is 5.11 Å². The summed E-state index contributed by atoms with van der Waals surface area (Å²) in [7, 11) is 0. The molecule has 0 fully saturated rings. The molecule has 0 unspecified atom stereocenters. The van der Waals surface area contributed by atoms with Gasteiger partial charge in [-0.25, -0.2) is 9.79 Å². The van der Waals surface area contributed by atoms with Gasteiger partial charge in [-0.3, -0.25) is 24.9 Å². The minimum Gasteiger partial charge on any atom is -0.494 e. The lowest BCUT2D eigenvalue weighted by Crippen LogP contribution is -2.23. The number of hydrogen-bond donors (Lipinski definition) is 3. The van der Waals surface area contributed by atoms with Gasteiger partial charge in [-0.05, 0) is 30.4 Å². The smallest absolute Gasteiger partial charge is 0.328 e. The lowest BCUT2D eigenvalue weighted by Gasteiger charge is -1.99. The van der Waals surface area contributed by atoms with E-state index in [1.807, 2.05) is 4.98 Å². The third kappa shape index (κ3) is 2.90. The third-order valence-corrected chi connectivity index (χ3v) is 3.29. The van der Waals surface area contributed by atoms with Crippen molar-refractivity contribution in [1.82, 2.24) is 9.97 Å². The van der Waals surface area contributed by atoms with Crippen LogP contribution in [0.4, 0.5) is 5.69 Å². The number of nitro benzene ring substituents is 1. The third-order valence-electron chi connectivity index (χ3n) is 3.29. The molecule has 2 aromatic rings. The summed E-state index contributed by atoms with van der Waals surface area (Å²) in [5.74, 6) is -0.552. The van der Waals surface area contributed by atoms with Crippen LogP contribution in [-0.4, -0.2) is 25.7 Å². The topological polar surface area (TPSA) is 141 Å². The van der Waals surface area contributed by atoms with E-state index in [9.17, 15) is 24.8 Å². The molecule has 3 rings (SSSR count). The first-order valence-corrected chi connectivity index (χ1v) is 6.73. The van der Waals surface area contributed by atoms with E-state index in [1.165, 1.54) is 18.2 Å². The number of non-ortho nitro benzene ring substituents is 1. The zero-order valence-corrected chi connectivity index (χ0v) is 12.0. The van der Waals surface area contributed by atoms with Crippen molar-refractivity contribution in [3.63, 3.8) is 0 Å². The maximum Gasteiger partial charge on any atom is 0.328 e. The second-order valence-corrected chi connectivity index (χ2v) is 4.87. The fraction of sp³-hybridized carbons (Fsp3) is 0. The zero-order valence-electron chi connectivity index (χ0n) is 12.0. The number of benzene rings is 1. The minimum absolute atomic E-state index is 0.0261. The van der Waals surface area contributed by atoms with Gasteiger partial charge in [0.15, 0.2) is 0 Å². The van der Waals surface area contributed by atoms with E-state index < -0.39 is 22.1 Å². The molecule has 120 valence electrons. The Bertz CT molecular complexity index is 1030. The zero-order chi connectivity index (χ0) is 17.3. The molecule has 1 aliphatic heterocycles. The number of hydrogen-bond acceptors (Lipinski definition) is 6. The molecule has 1 aromatic carbocycles. The summed E-state index contributed by atoms with van der Waals surface area (Å²) in [6, 6.07) is 5.86. The predicted molar refractivity (Wildman–Crippen MR) is 86.1 cm³/mol. The molecule has 0 saturated heterocycles. The van der Waals surface area contributed by atoms with E-state index in [-0.39, 0.29) is 11.3 Å². The standard InChI is InChI=1S/C15H10N4O5/c20-13-11(14(21)18-15(22)17-13)7-9-3-6-12(16-9)8-1-4-10(5-2-8)19(23)24/h1-7H,(H3,17,18,20,21,22)/b9-7+. The predicted octanol–water partition coefficient (Wildman–Crippen LogP) is 1.08. The van der Waals surface area contributed by atoms with Gasteiger partial charge in [-0.2, -0.15) is 0 Å². The first-order chi connectivity index (χ1) is 11.4. The van der Waals surface area contributed by atoms with Gasteiger partial charge in [0.05, 0.1) is 16.3 Å². The number of allylic oxidation sites excluding steroid dienone is 2. The average molecular weight is 326 g/mol. The van der Waals surface area contributed by atoms with Crippen LogP contribution in [0.1, 0.15) is 11.1 Å². The molecule has 1 aliphatic rings. The highest BCUT2D eigenvalue weighted by Crippen LogP contribution is 2.20.